The highest BCUT2D eigenvalue weighted by molar-refractivity contribution is 5.83. The molecule has 1 aromatic carbocycles. The van der Waals surface area contributed by atoms with E-state index in [0.717, 1.165) is 12.0 Å². The molecule has 0 saturated heterocycles. The molecule has 0 bridgehead atoms. The van der Waals surface area contributed by atoms with Gasteiger partial charge in [0.05, 0.1) is 18.8 Å². The van der Waals surface area contributed by atoms with Crippen molar-refractivity contribution in [3.8, 4) is 0 Å². The van der Waals surface area contributed by atoms with Crippen LogP contribution in [0.3, 0.4) is 0 Å². The number of carbonyl (C=O) groups excluding carboxylic acids is 1. The van der Waals surface area contributed by atoms with Gasteiger partial charge in [0.25, 0.3) is 5.91 Å². The van der Waals surface area contributed by atoms with Gasteiger partial charge in [-0.1, -0.05) is 38.1 Å². The van der Waals surface area contributed by atoms with Gasteiger partial charge < -0.3 is 15.2 Å². The number of benzene rings is 1. The van der Waals surface area contributed by atoms with Crippen molar-refractivity contribution in [1.82, 2.24) is 5.32 Å². The predicted octanol–water partition coefficient (Wildman–Crippen LogP) is 1.97. The third-order valence-electron chi connectivity index (χ3n) is 4.28. The van der Waals surface area contributed by atoms with Crippen molar-refractivity contribution in [3.63, 3.8) is 0 Å². The van der Waals surface area contributed by atoms with Gasteiger partial charge in [-0.2, -0.15) is 0 Å². The Morgan fingerprint density at radius 2 is 2.10 bits per heavy atom. The first-order valence-electron chi connectivity index (χ1n) is 7.28. The molecule has 0 aliphatic carbocycles. The number of nitrogens with one attached hydrogen (secondary N) is 1. The lowest BCUT2D eigenvalue weighted by Crippen LogP contribution is -2.52. The van der Waals surface area contributed by atoms with Gasteiger partial charge in [0.1, 0.15) is 0 Å². The highest BCUT2D eigenvalue weighted by Crippen LogP contribution is 2.28. The molecule has 0 spiro atoms. The molecular weight excluding hydrogens is 254 g/mol. The fraction of sp³-hybridized carbons (Fsp3) is 0.562. The SMILES string of the molecule is CCC(CC)(CO)NC(=O)[C@@H]1OCCc2ccccc21. The molecule has 1 aromatic rings. The molecule has 0 unspecified atom stereocenters. The van der Waals surface area contributed by atoms with Crippen molar-refractivity contribution < 1.29 is 14.6 Å². The van der Waals surface area contributed by atoms with Crippen LogP contribution in [0.2, 0.25) is 0 Å². The summed E-state index contributed by atoms with van der Waals surface area (Å²) in [4.78, 5) is 12.5. The summed E-state index contributed by atoms with van der Waals surface area (Å²) in [5.41, 5.74) is 1.56. The van der Waals surface area contributed by atoms with Crippen LogP contribution < -0.4 is 5.32 Å². The van der Waals surface area contributed by atoms with Crippen molar-refractivity contribution in [1.29, 1.82) is 0 Å². The Balaban J connectivity index is 2.19. The minimum atomic E-state index is -0.566. The van der Waals surface area contributed by atoms with E-state index in [1.807, 2.05) is 38.1 Å². The number of ether oxygens (including phenoxy) is 1. The summed E-state index contributed by atoms with van der Waals surface area (Å²) < 4.78 is 5.65. The van der Waals surface area contributed by atoms with Crippen LogP contribution in [0.15, 0.2) is 24.3 Å². The van der Waals surface area contributed by atoms with E-state index in [0.29, 0.717) is 19.4 Å². The van der Waals surface area contributed by atoms with Crippen LogP contribution in [0.4, 0.5) is 0 Å². The first-order valence-corrected chi connectivity index (χ1v) is 7.28. The van der Waals surface area contributed by atoms with Gasteiger partial charge in [-0.3, -0.25) is 4.79 Å². The van der Waals surface area contributed by atoms with Crippen molar-refractivity contribution in [2.75, 3.05) is 13.2 Å². The molecule has 0 fully saturated rings. The second-order valence-electron chi connectivity index (χ2n) is 5.33. The molecule has 2 rings (SSSR count). The Labute approximate surface area is 120 Å². The first kappa shape index (κ1) is 15.0. The number of carbonyl (C=O) groups is 1. The number of amides is 1. The Morgan fingerprint density at radius 3 is 2.75 bits per heavy atom. The van der Waals surface area contributed by atoms with Crippen molar-refractivity contribution >= 4 is 5.91 Å². The largest absolute Gasteiger partial charge is 0.394 e. The minimum absolute atomic E-state index is 0.0554. The van der Waals surface area contributed by atoms with Crippen LogP contribution in [-0.4, -0.2) is 29.8 Å². The van der Waals surface area contributed by atoms with Crippen LogP contribution in [-0.2, 0) is 16.0 Å². The van der Waals surface area contributed by atoms with Crippen LogP contribution in [0, 0.1) is 0 Å². The van der Waals surface area contributed by atoms with Gasteiger partial charge in [0.15, 0.2) is 6.10 Å². The molecule has 1 atom stereocenters. The quantitative estimate of drug-likeness (QED) is 0.865. The molecule has 0 saturated carbocycles. The van der Waals surface area contributed by atoms with Crippen LogP contribution >= 0.6 is 0 Å². The maximum atomic E-state index is 12.5. The van der Waals surface area contributed by atoms with E-state index in [2.05, 4.69) is 5.32 Å². The van der Waals surface area contributed by atoms with Crippen LogP contribution in [0.1, 0.15) is 43.9 Å². The normalized spacial score (nSPS) is 18.4. The lowest BCUT2D eigenvalue weighted by atomic mass is 9.92. The third-order valence-corrected chi connectivity index (χ3v) is 4.28. The van der Waals surface area contributed by atoms with Gasteiger partial charge in [0, 0.05) is 0 Å². The molecule has 110 valence electrons. The lowest BCUT2D eigenvalue weighted by Gasteiger charge is -2.34. The molecule has 20 heavy (non-hydrogen) atoms. The number of fused-ring (bicyclic) bond motifs is 1. The molecule has 2 N–H and O–H groups in total. The Kier molecular flexibility index (Phi) is 4.78. The van der Waals surface area contributed by atoms with Crippen molar-refractivity contribution in [2.45, 2.75) is 44.8 Å². The molecule has 0 aromatic heterocycles. The van der Waals surface area contributed by atoms with Gasteiger partial charge in [-0.05, 0) is 30.4 Å². The molecule has 0 radical (unpaired) electrons. The van der Waals surface area contributed by atoms with Crippen molar-refractivity contribution in [3.05, 3.63) is 35.4 Å². The molecule has 4 heteroatoms. The zero-order valence-electron chi connectivity index (χ0n) is 12.2. The highest BCUT2D eigenvalue weighted by atomic mass is 16.5. The van der Waals surface area contributed by atoms with E-state index in [1.165, 1.54) is 5.56 Å². The molecular formula is C16H23NO3. The van der Waals surface area contributed by atoms with E-state index in [1.54, 1.807) is 0 Å². The number of hydrogen-bond acceptors (Lipinski definition) is 3. The van der Waals surface area contributed by atoms with Gasteiger partial charge in [-0.25, -0.2) is 0 Å². The zero-order chi connectivity index (χ0) is 14.6. The maximum Gasteiger partial charge on any atom is 0.254 e. The molecule has 1 aliphatic rings. The summed E-state index contributed by atoms with van der Waals surface area (Å²) in [6, 6.07) is 7.89. The molecule has 1 amide bonds. The number of aliphatic hydroxyl groups is 1. The van der Waals surface area contributed by atoms with Crippen molar-refractivity contribution in [2.24, 2.45) is 0 Å². The molecule has 1 heterocycles. The number of hydrogen-bond donors (Lipinski definition) is 2. The fourth-order valence-corrected chi connectivity index (χ4v) is 2.63. The monoisotopic (exact) mass is 277 g/mol. The predicted molar refractivity (Wildman–Crippen MR) is 77.4 cm³/mol. The first-order chi connectivity index (χ1) is 9.65. The third kappa shape index (κ3) is 2.86. The average Bonchev–Trinajstić information content (AvgIpc) is 2.52. The highest BCUT2D eigenvalue weighted by Gasteiger charge is 2.33. The Morgan fingerprint density at radius 1 is 1.40 bits per heavy atom. The van der Waals surface area contributed by atoms with E-state index in [4.69, 9.17) is 4.74 Å². The topological polar surface area (TPSA) is 58.6 Å². The maximum absolute atomic E-state index is 12.5. The summed E-state index contributed by atoms with van der Waals surface area (Å²) in [7, 11) is 0. The second-order valence-corrected chi connectivity index (χ2v) is 5.33. The number of aliphatic hydroxyl groups excluding tert-OH is 1. The Bertz CT molecular complexity index is 460. The zero-order valence-corrected chi connectivity index (χ0v) is 12.2. The average molecular weight is 277 g/mol. The van der Waals surface area contributed by atoms with E-state index >= 15 is 0 Å². The van der Waals surface area contributed by atoms with E-state index < -0.39 is 11.6 Å². The molecule has 1 aliphatic heterocycles. The summed E-state index contributed by atoms with van der Waals surface area (Å²) >= 11 is 0. The summed E-state index contributed by atoms with van der Waals surface area (Å²) in [5.74, 6) is -0.157. The van der Waals surface area contributed by atoms with E-state index in [-0.39, 0.29) is 12.5 Å². The Hall–Kier alpha value is -1.39. The van der Waals surface area contributed by atoms with Crippen LogP contribution in [0.25, 0.3) is 0 Å². The smallest absolute Gasteiger partial charge is 0.254 e. The van der Waals surface area contributed by atoms with Crippen LogP contribution in [0.5, 0.6) is 0 Å². The summed E-state index contributed by atoms with van der Waals surface area (Å²) in [6.07, 6.45) is 1.66. The lowest BCUT2D eigenvalue weighted by molar-refractivity contribution is -0.137. The summed E-state index contributed by atoms with van der Waals surface area (Å²) in [6.45, 7) is 4.44. The van der Waals surface area contributed by atoms with Gasteiger partial charge in [-0.15, -0.1) is 0 Å². The standard InChI is InChI=1S/C16H23NO3/c1-3-16(4-2,11-18)17-15(19)14-13-8-6-5-7-12(13)9-10-20-14/h5-8,14,18H,3-4,9-11H2,1-2H3,(H,17,19)/t14-/m1/s1. The van der Waals surface area contributed by atoms with Gasteiger partial charge >= 0.3 is 0 Å². The molecule has 4 nitrogen and oxygen atoms in total. The van der Waals surface area contributed by atoms with E-state index in [9.17, 15) is 9.90 Å². The number of rotatable bonds is 5. The minimum Gasteiger partial charge on any atom is -0.394 e. The summed E-state index contributed by atoms with van der Waals surface area (Å²) in [5, 5.41) is 12.5. The second kappa shape index (κ2) is 6.37. The van der Waals surface area contributed by atoms with Gasteiger partial charge in [0.2, 0.25) is 0 Å². The fourth-order valence-electron chi connectivity index (χ4n) is 2.63.